The predicted octanol–water partition coefficient (Wildman–Crippen LogP) is 2.75. The molecular weight excluding hydrogens is 262 g/mol. The third-order valence-corrected chi connectivity index (χ3v) is 4.82. The van der Waals surface area contributed by atoms with Gasteiger partial charge in [0, 0.05) is 38.7 Å². The molecule has 0 aromatic heterocycles. The van der Waals surface area contributed by atoms with Crippen molar-refractivity contribution in [1.82, 2.24) is 10.2 Å². The summed E-state index contributed by atoms with van der Waals surface area (Å²) < 4.78 is 5.61. The van der Waals surface area contributed by atoms with Gasteiger partial charge in [-0.2, -0.15) is 0 Å². The number of rotatable bonds is 4. The lowest BCUT2D eigenvalue weighted by atomic mass is 9.84. The molecule has 2 saturated heterocycles. The minimum atomic E-state index is 0.304. The number of nitrogens with zero attached hydrogens (tertiary/aromatic N) is 2. The van der Waals surface area contributed by atoms with Crippen molar-refractivity contribution in [3.63, 3.8) is 0 Å². The van der Waals surface area contributed by atoms with E-state index in [-0.39, 0.29) is 0 Å². The lowest BCUT2D eigenvalue weighted by molar-refractivity contribution is 0.156. The quantitative estimate of drug-likeness (QED) is 0.640. The molecule has 4 heteroatoms. The molecule has 2 heterocycles. The molecule has 0 radical (unpaired) electrons. The highest BCUT2D eigenvalue weighted by Crippen LogP contribution is 2.38. The van der Waals surface area contributed by atoms with Gasteiger partial charge in [-0.25, -0.2) is 0 Å². The van der Waals surface area contributed by atoms with Crippen molar-refractivity contribution in [2.75, 3.05) is 39.9 Å². The van der Waals surface area contributed by atoms with Gasteiger partial charge < -0.3 is 15.0 Å². The van der Waals surface area contributed by atoms with E-state index in [1.54, 1.807) is 0 Å². The number of aliphatic imine (C=N–C) groups is 1. The molecule has 0 saturated carbocycles. The Balaban J connectivity index is 1.87. The van der Waals surface area contributed by atoms with Crippen molar-refractivity contribution >= 4 is 5.96 Å². The standard InChI is InChI=1S/C17H33N3O/c1-14(2)10-16(3,4)11-19-15(18-5)20-8-6-17(12-20)7-9-21-13-17/h14H,6-13H2,1-5H3,(H,18,19). The maximum atomic E-state index is 5.61. The Hall–Kier alpha value is -0.770. The summed E-state index contributed by atoms with van der Waals surface area (Å²) in [4.78, 5) is 6.91. The van der Waals surface area contributed by atoms with Crippen LogP contribution in [0, 0.1) is 16.7 Å². The molecule has 0 aromatic carbocycles. The Kier molecular flexibility index (Phi) is 5.18. The molecule has 2 aliphatic rings. The number of hydrogen-bond donors (Lipinski definition) is 1. The first-order valence-corrected chi connectivity index (χ1v) is 8.39. The van der Waals surface area contributed by atoms with Crippen LogP contribution in [0.5, 0.6) is 0 Å². The molecular formula is C17H33N3O. The maximum absolute atomic E-state index is 5.61. The Labute approximate surface area is 130 Å². The van der Waals surface area contributed by atoms with Gasteiger partial charge >= 0.3 is 0 Å². The number of likely N-dealkylation sites (tertiary alicyclic amines) is 1. The molecule has 1 N–H and O–H groups in total. The van der Waals surface area contributed by atoms with Crippen LogP contribution in [0.15, 0.2) is 4.99 Å². The van der Waals surface area contributed by atoms with Crippen molar-refractivity contribution in [3.8, 4) is 0 Å². The van der Waals surface area contributed by atoms with Gasteiger partial charge in [-0.3, -0.25) is 4.99 Å². The van der Waals surface area contributed by atoms with Crippen LogP contribution in [-0.2, 0) is 4.74 Å². The van der Waals surface area contributed by atoms with Gasteiger partial charge in [0.1, 0.15) is 0 Å². The van der Waals surface area contributed by atoms with Crippen LogP contribution < -0.4 is 5.32 Å². The van der Waals surface area contributed by atoms with Gasteiger partial charge in [-0.1, -0.05) is 27.7 Å². The van der Waals surface area contributed by atoms with Crippen LogP contribution in [0.3, 0.4) is 0 Å². The summed E-state index contributed by atoms with van der Waals surface area (Å²) in [5, 5.41) is 3.60. The molecule has 4 nitrogen and oxygen atoms in total. The van der Waals surface area contributed by atoms with Crippen LogP contribution in [0.2, 0.25) is 0 Å². The maximum Gasteiger partial charge on any atom is 0.193 e. The SMILES string of the molecule is CN=C(NCC(C)(C)CC(C)C)N1CCC2(CCOC2)C1. The first kappa shape index (κ1) is 16.6. The molecule has 2 fully saturated rings. The van der Waals surface area contributed by atoms with Gasteiger partial charge in [0.25, 0.3) is 0 Å². The number of ether oxygens (including phenoxy) is 1. The van der Waals surface area contributed by atoms with Crippen molar-refractivity contribution in [2.45, 2.75) is 47.0 Å². The Bertz CT molecular complexity index is 370. The first-order chi connectivity index (χ1) is 9.86. The molecule has 1 unspecified atom stereocenters. The summed E-state index contributed by atoms with van der Waals surface area (Å²) in [6.45, 7) is 14.3. The Morgan fingerprint density at radius 1 is 1.38 bits per heavy atom. The molecule has 1 atom stereocenters. The normalized spacial score (nSPS) is 27.1. The zero-order valence-corrected chi connectivity index (χ0v) is 14.5. The molecule has 1 spiro atoms. The minimum absolute atomic E-state index is 0.304. The van der Waals surface area contributed by atoms with Crippen LogP contribution >= 0.6 is 0 Å². The third kappa shape index (κ3) is 4.35. The summed E-state index contributed by atoms with van der Waals surface area (Å²) in [5.74, 6) is 1.80. The largest absolute Gasteiger partial charge is 0.381 e. The molecule has 2 aliphatic heterocycles. The van der Waals surface area contributed by atoms with E-state index in [2.05, 4.69) is 42.9 Å². The minimum Gasteiger partial charge on any atom is -0.381 e. The van der Waals surface area contributed by atoms with E-state index in [9.17, 15) is 0 Å². The van der Waals surface area contributed by atoms with Gasteiger partial charge in [0.15, 0.2) is 5.96 Å². The van der Waals surface area contributed by atoms with Crippen LogP contribution in [0.25, 0.3) is 0 Å². The summed E-state index contributed by atoms with van der Waals surface area (Å²) in [6.07, 6.45) is 3.68. The molecule has 2 rings (SSSR count). The summed E-state index contributed by atoms with van der Waals surface area (Å²) in [5.41, 5.74) is 0.697. The van der Waals surface area contributed by atoms with Gasteiger partial charge in [0.2, 0.25) is 0 Å². The summed E-state index contributed by atoms with van der Waals surface area (Å²) >= 11 is 0. The smallest absolute Gasteiger partial charge is 0.193 e. The highest BCUT2D eigenvalue weighted by atomic mass is 16.5. The number of hydrogen-bond acceptors (Lipinski definition) is 2. The van der Waals surface area contributed by atoms with E-state index in [0.29, 0.717) is 10.8 Å². The van der Waals surface area contributed by atoms with E-state index in [4.69, 9.17) is 4.74 Å². The van der Waals surface area contributed by atoms with Crippen molar-refractivity contribution in [2.24, 2.45) is 21.7 Å². The van der Waals surface area contributed by atoms with E-state index >= 15 is 0 Å². The van der Waals surface area contributed by atoms with E-state index in [1.165, 1.54) is 19.3 Å². The van der Waals surface area contributed by atoms with Crippen LogP contribution in [0.4, 0.5) is 0 Å². The second-order valence-electron chi connectivity index (χ2n) is 8.14. The van der Waals surface area contributed by atoms with Crippen molar-refractivity contribution in [1.29, 1.82) is 0 Å². The van der Waals surface area contributed by atoms with Crippen molar-refractivity contribution < 1.29 is 4.74 Å². The molecule has 0 aliphatic carbocycles. The molecule has 21 heavy (non-hydrogen) atoms. The Morgan fingerprint density at radius 2 is 2.14 bits per heavy atom. The zero-order valence-electron chi connectivity index (χ0n) is 14.5. The predicted molar refractivity (Wildman–Crippen MR) is 88.7 cm³/mol. The topological polar surface area (TPSA) is 36.9 Å². The number of guanidine groups is 1. The van der Waals surface area contributed by atoms with Crippen molar-refractivity contribution in [3.05, 3.63) is 0 Å². The Morgan fingerprint density at radius 3 is 2.71 bits per heavy atom. The summed E-state index contributed by atoms with van der Waals surface area (Å²) in [7, 11) is 1.90. The van der Waals surface area contributed by atoms with Crippen LogP contribution in [-0.4, -0.2) is 50.8 Å². The fraction of sp³-hybridized carbons (Fsp3) is 0.941. The van der Waals surface area contributed by atoms with Gasteiger partial charge in [-0.05, 0) is 30.6 Å². The van der Waals surface area contributed by atoms with E-state index in [1.807, 2.05) is 7.05 Å². The van der Waals surface area contributed by atoms with E-state index in [0.717, 1.165) is 44.7 Å². The second-order valence-corrected chi connectivity index (χ2v) is 8.14. The highest BCUT2D eigenvalue weighted by Gasteiger charge is 2.42. The third-order valence-electron chi connectivity index (χ3n) is 4.82. The average molecular weight is 295 g/mol. The lowest BCUT2D eigenvalue weighted by Gasteiger charge is -2.30. The first-order valence-electron chi connectivity index (χ1n) is 8.39. The lowest BCUT2D eigenvalue weighted by Crippen LogP contribution is -2.45. The zero-order chi connectivity index (χ0) is 15.5. The fourth-order valence-electron chi connectivity index (χ4n) is 3.92. The molecule has 122 valence electrons. The fourth-order valence-corrected chi connectivity index (χ4v) is 3.92. The van der Waals surface area contributed by atoms with Gasteiger partial charge in [0.05, 0.1) is 6.61 Å². The average Bonchev–Trinajstić information content (AvgIpc) is 3.00. The molecule has 0 aromatic rings. The van der Waals surface area contributed by atoms with Gasteiger partial charge in [-0.15, -0.1) is 0 Å². The summed E-state index contributed by atoms with van der Waals surface area (Å²) in [6, 6.07) is 0. The second kappa shape index (κ2) is 6.55. The highest BCUT2D eigenvalue weighted by molar-refractivity contribution is 5.80. The molecule has 0 amide bonds. The molecule has 0 bridgehead atoms. The van der Waals surface area contributed by atoms with Crippen LogP contribution in [0.1, 0.15) is 47.0 Å². The van der Waals surface area contributed by atoms with E-state index < -0.39 is 0 Å². The monoisotopic (exact) mass is 295 g/mol. The number of nitrogens with one attached hydrogen (secondary N) is 1.